The Kier molecular flexibility index (Phi) is 5.01. The zero-order valence-corrected chi connectivity index (χ0v) is 13.5. The van der Waals surface area contributed by atoms with Gasteiger partial charge in [-0.15, -0.1) is 0 Å². The lowest BCUT2D eigenvalue weighted by Gasteiger charge is -2.18. The van der Waals surface area contributed by atoms with Crippen molar-refractivity contribution in [3.8, 4) is 0 Å². The van der Waals surface area contributed by atoms with Crippen molar-refractivity contribution in [2.75, 3.05) is 12.4 Å². The number of amides is 1. The molecule has 4 nitrogen and oxygen atoms in total. The third-order valence-corrected chi connectivity index (χ3v) is 4.66. The number of carbonyl (C=O) groups is 1. The van der Waals surface area contributed by atoms with E-state index < -0.39 is 0 Å². The van der Waals surface area contributed by atoms with E-state index in [2.05, 4.69) is 24.5 Å². The molecule has 0 bridgehead atoms. The van der Waals surface area contributed by atoms with Crippen molar-refractivity contribution in [1.29, 1.82) is 0 Å². The highest BCUT2D eigenvalue weighted by atomic mass is 16.5. The molecule has 5 unspecified atom stereocenters. The molecule has 0 spiro atoms. The summed E-state index contributed by atoms with van der Waals surface area (Å²) in [6.07, 6.45) is 0.105. The van der Waals surface area contributed by atoms with Crippen LogP contribution in [0.1, 0.15) is 39.3 Å². The second-order valence-corrected chi connectivity index (χ2v) is 6.05. The first-order valence-corrected chi connectivity index (χ1v) is 7.67. The van der Waals surface area contributed by atoms with Gasteiger partial charge < -0.3 is 15.4 Å². The van der Waals surface area contributed by atoms with Crippen molar-refractivity contribution in [3.05, 3.63) is 29.8 Å². The third kappa shape index (κ3) is 3.44. The van der Waals surface area contributed by atoms with Gasteiger partial charge >= 0.3 is 0 Å². The molecule has 0 saturated carbocycles. The van der Waals surface area contributed by atoms with Gasteiger partial charge in [-0.05, 0) is 51.4 Å². The third-order valence-electron chi connectivity index (χ3n) is 4.66. The average Bonchev–Trinajstić information content (AvgIpc) is 2.72. The minimum atomic E-state index is -0.0871. The second-order valence-electron chi connectivity index (χ2n) is 6.05. The molecular weight excluding hydrogens is 264 g/mol. The molecule has 4 heteroatoms. The summed E-state index contributed by atoms with van der Waals surface area (Å²) in [5, 5.41) is 6.21. The second kappa shape index (κ2) is 6.58. The van der Waals surface area contributed by atoms with Gasteiger partial charge in [-0.1, -0.05) is 19.1 Å². The summed E-state index contributed by atoms with van der Waals surface area (Å²) in [5.41, 5.74) is 2.04. The first kappa shape index (κ1) is 16.0. The molecule has 0 aromatic heterocycles. The molecule has 21 heavy (non-hydrogen) atoms. The summed E-state index contributed by atoms with van der Waals surface area (Å²) >= 11 is 0. The Morgan fingerprint density at radius 2 is 1.76 bits per heavy atom. The molecule has 2 rings (SSSR count). The van der Waals surface area contributed by atoms with Crippen LogP contribution in [0, 0.1) is 11.8 Å². The van der Waals surface area contributed by atoms with Gasteiger partial charge in [0.05, 0.1) is 18.1 Å². The fourth-order valence-electron chi connectivity index (χ4n) is 2.97. The highest BCUT2D eigenvalue weighted by Gasteiger charge is 2.41. The van der Waals surface area contributed by atoms with Gasteiger partial charge in [0.15, 0.2) is 0 Å². The monoisotopic (exact) mass is 290 g/mol. The van der Waals surface area contributed by atoms with Crippen LogP contribution in [0.25, 0.3) is 0 Å². The van der Waals surface area contributed by atoms with Crippen LogP contribution in [-0.2, 0) is 9.53 Å². The van der Waals surface area contributed by atoms with Gasteiger partial charge in [0.25, 0.3) is 0 Å². The summed E-state index contributed by atoms with van der Waals surface area (Å²) in [6.45, 7) is 8.19. The van der Waals surface area contributed by atoms with Crippen molar-refractivity contribution >= 4 is 11.6 Å². The number of benzene rings is 1. The highest BCUT2D eigenvalue weighted by Crippen LogP contribution is 2.33. The predicted molar refractivity (Wildman–Crippen MR) is 85.2 cm³/mol. The zero-order chi connectivity index (χ0) is 15.6. The average molecular weight is 290 g/mol. The number of hydrogen-bond acceptors (Lipinski definition) is 3. The molecule has 1 aromatic carbocycles. The van der Waals surface area contributed by atoms with Gasteiger partial charge in [-0.3, -0.25) is 4.79 Å². The quantitative estimate of drug-likeness (QED) is 0.896. The molecule has 116 valence electrons. The van der Waals surface area contributed by atoms with E-state index in [0.29, 0.717) is 6.04 Å². The number of hydrogen-bond donors (Lipinski definition) is 2. The maximum absolute atomic E-state index is 12.5. The molecule has 0 aliphatic carbocycles. The van der Waals surface area contributed by atoms with E-state index in [-0.39, 0.29) is 30.0 Å². The van der Waals surface area contributed by atoms with Gasteiger partial charge in [-0.2, -0.15) is 0 Å². The van der Waals surface area contributed by atoms with Crippen LogP contribution >= 0.6 is 0 Å². The van der Waals surface area contributed by atoms with Crippen LogP contribution < -0.4 is 10.6 Å². The van der Waals surface area contributed by atoms with Gasteiger partial charge in [0.2, 0.25) is 5.91 Å². The van der Waals surface area contributed by atoms with Crippen LogP contribution in [0.5, 0.6) is 0 Å². The maximum Gasteiger partial charge on any atom is 0.230 e. The minimum Gasteiger partial charge on any atom is -0.374 e. The fraction of sp³-hybridized carbons (Fsp3) is 0.588. The molecule has 1 heterocycles. The van der Waals surface area contributed by atoms with Crippen LogP contribution in [0.4, 0.5) is 5.69 Å². The zero-order valence-electron chi connectivity index (χ0n) is 13.5. The van der Waals surface area contributed by atoms with Crippen molar-refractivity contribution in [2.24, 2.45) is 11.8 Å². The first-order chi connectivity index (χ1) is 9.93. The van der Waals surface area contributed by atoms with E-state index >= 15 is 0 Å². The minimum absolute atomic E-state index is 0.0291. The largest absolute Gasteiger partial charge is 0.374 e. The van der Waals surface area contributed by atoms with Crippen LogP contribution in [0.15, 0.2) is 24.3 Å². The predicted octanol–water partition coefficient (Wildman–Crippen LogP) is 2.97. The smallest absolute Gasteiger partial charge is 0.230 e. The fourth-order valence-corrected chi connectivity index (χ4v) is 2.97. The molecular formula is C17H26N2O2. The van der Waals surface area contributed by atoms with E-state index in [4.69, 9.17) is 4.74 Å². The van der Waals surface area contributed by atoms with Crippen molar-refractivity contribution in [1.82, 2.24) is 5.32 Å². The first-order valence-electron chi connectivity index (χ1n) is 7.67. The Balaban J connectivity index is 2.03. The molecule has 2 N–H and O–H groups in total. The summed E-state index contributed by atoms with van der Waals surface area (Å²) in [4.78, 5) is 12.5. The van der Waals surface area contributed by atoms with E-state index in [9.17, 15) is 4.79 Å². The SMILES string of the molecule is CNC(C)c1ccc(NC(=O)C2C(C)OC(C)C2C)cc1. The van der Waals surface area contributed by atoms with E-state index in [1.54, 1.807) is 0 Å². The van der Waals surface area contributed by atoms with E-state index in [0.717, 1.165) is 5.69 Å². The molecule has 1 saturated heterocycles. The Morgan fingerprint density at radius 3 is 2.24 bits per heavy atom. The molecule has 1 amide bonds. The number of rotatable bonds is 4. The molecule has 1 aliphatic rings. The van der Waals surface area contributed by atoms with E-state index in [1.807, 2.05) is 45.2 Å². The Morgan fingerprint density at radius 1 is 1.14 bits per heavy atom. The Bertz CT molecular complexity index is 486. The lowest BCUT2D eigenvalue weighted by molar-refractivity contribution is -0.121. The van der Waals surface area contributed by atoms with Crippen LogP contribution in [0.3, 0.4) is 0 Å². The summed E-state index contributed by atoms with van der Waals surface area (Å²) in [5.74, 6) is 0.202. The lowest BCUT2D eigenvalue weighted by atomic mass is 9.89. The summed E-state index contributed by atoms with van der Waals surface area (Å²) in [6, 6.07) is 8.29. The van der Waals surface area contributed by atoms with Gasteiger partial charge in [0, 0.05) is 11.7 Å². The van der Waals surface area contributed by atoms with Gasteiger partial charge in [-0.25, -0.2) is 0 Å². The molecule has 5 atom stereocenters. The van der Waals surface area contributed by atoms with Crippen molar-refractivity contribution in [3.63, 3.8) is 0 Å². The van der Waals surface area contributed by atoms with Crippen molar-refractivity contribution in [2.45, 2.75) is 45.9 Å². The normalized spacial score (nSPS) is 30.1. The van der Waals surface area contributed by atoms with Crippen molar-refractivity contribution < 1.29 is 9.53 Å². The molecule has 0 radical (unpaired) electrons. The molecule has 1 fully saturated rings. The van der Waals surface area contributed by atoms with E-state index in [1.165, 1.54) is 5.56 Å². The topological polar surface area (TPSA) is 50.4 Å². The van der Waals surface area contributed by atoms with Gasteiger partial charge in [0.1, 0.15) is 0 Å². The standard InChI is InChI=1S/C17H26N2O2/c1-10-12(3)21-13(4)16(10)17(20)19-15-8-6-14(7-9-15)11(2)18-5/h6-13,16,18H,1-5H3,(H,19,20). The lowest BCUT2D eigenvalue weighted by Crippen LogP contribution is -2.31. The Hall–Kier alpha value is -1.39. The molecule has 1 aliphatic heterocycles. The Labute approximate surface area is 127 Å². The summed E-state index contributed by atoms with van der Waals surface area (Å²) in [7, 11) is 1.93. The maximum atomic E-state index is 12.5. The summed E-state index contributed by atoms with van der Waals surface area (Å²) < 4.78 is 5.74. The molecule has 1 aromatic rings. The number of anilines is 1. The number of carbonyl (C=O) groups excluding carboxylic acids is 1. The van der Waals surface area contributed by atoms with Crippen LogP contribution in [-0.4, -0.2) is 25.2 Å². The van der Waals surface area contributed by atoms with Crippen LogP contribution in [0.2, 0.25) is 0 Å². The number of nitrogens with one attached hydrogen (secondary N) is 2. The highest BCUT2D eigenvalue weighted by molar-refractivity contribution is 5.93. The number of ether oxygens (including phenoxy) is 1.